The Balaban J connectivity index is 2.06. The quantitative estimate of drug-likeness (QED) is 0.389. The van der Waals surface area contributed by atoms with E-state index in [2.05, 4.69) is 20.8 Å². The minimum Gasteiger partial charge on any atom is -0.505 e. The molecule has 0 aliphatic heterocycles. The molecule has 0 aliphatic carbocycles. The Morgan fingerprint density at radius 2 is 2.17 bits per heavy atom. The number of nitrogens with zero attached hydrogens (tertiary/aromatic N) is 2. The molecule has 1 heterocycles. The summed E-state index contributed by atoms with van der Waals surface area (Å²) in [5.41, 5.74) is 3.91. The third-order valence-electron chi connectivity index (χ3n) is 3.01. The number of benzene rings is 1. The molecule has 0 aliphatic rings. The second-order valence-electron chi connectivity index (χ2n) is 4.59. The average molecular weight is 334 g/mol. The number of para-hydroxylation sites is 1. The summed E-state index contributed by atoms with van der Waals surface area (Å²) in [5.74, 6) is -0.513. The molecule has 1 aromatic heterocycles. The highest BCUT2D eigenvalue weighted by atomic mass is 32.1. The van der Waals surface area contributed by atoms with Crippen molar-refractivity contribution in [3.05, 3.63) is 53.1 Å². The molecule has 0 unspecified atom stereocenters. The maximum Gasteiger partial charge on any atom is 0.191 e. The largest absolute Gasteiger partial charge is 0.505 e. The number of halogens is 1. The van der Waals surface area contributed by atoms with Gasteiger partial charge in [-0.25, -0.2) is 4.39 Å². The standard InChI is InChI=1S/C15H15FN4O2S/c1-9-14(22)11(10(8-21)6-17-9)7-18-20-15(23)19-13-5-3-2-4-12(13)16/h2-7,21-22H,8H2,1H3,(H2,19,20,23)/b18-7+. The van der Waals surface area contributed by atoms with Crippen molar-refractivity contribution in [1.82, 2.24) is 10.4 Å². The van der Waals surface area contributed by atoms with Gasteiger partial charge in [0.05, 0.1) is 24.2 Å². The minimum absolute atomic E-state index is 0.0740. The number of hydrazone groups is 1. The molecule has 0 amide bonds. The highest BCUT2D eigenvalue weighted by molar-refractivity contribution is 7.80. The van der Waals surface area contributed by atoms with E-state index < -0.39 is 5.82 Å². The van der Waals surface area contributed by atoms with E-state index in [0.717, 1.165) is 0 Å². The molecule has 0 fully saturated rings. The van der Waals surface area contributed by atoms with Crippen molar-refractivity contribution in [2.24, 2.45) is 5.10 Å². The second kappa shape index (κ2) is 7.61. The van der Waals surface area contributed by atoms with Crippen LogP contribution in [0.1, 0.15) is 16.8 Å². The fourth-order valence-corrected chi connectivity index (χ4v) is 1.95. The fourth-order valence-electron chi connectivity index (χ4n) is 1.79. The fraction of sp³-hybridized carbons (Fsp3) is 0.133. The molecular weight excluding hydrogens is 319 g/mol. The minimum atomic E-state index is -0.439. The molecule has 8 heteroatoms. The number of hydrogen-bond acceptors (Lipinski definition) is 5. The van der Waals surface area contributed by atoms with Crippen LogP contribution in [-0.2, 0) is 6.61 Å². The van der Waals surface area contributed by atoms with Crippen molar-refractivity contribution in [3.63, 3.8) is 0 Å². The lowest BCUT2D eigenvalue weighted by Gasteiger charge is -2.09. The van der Waals surface area contributed by atoms with E-state index in [-0.39, 0.29) is 23.2 Å². The van der Waals surface area contributed by atoms with Gasteiger partial charge in [-0.3, -0.25) is 10.4 Å². The van der Waals surface area contributed by atoms with E-state index in [9.17, 15) is 14.6 Å². The number of rotatable bonds is 4. The van der Waals surface area contributed by atoms with Crippen LogP contribution in [0.2, 0.25) is 0 Å². The van der Waals surface area contributed by atoms with Crippen LogP contribution in [0.4, 0.5) is 10.1 Å². The zero-order chi connectivity index (χ0) is 16.8. The lowest BCUT2D eigenvalue weighted by molar-refractivity contribution is 0.280. The Morgan fingerprint density at radius 3 is 2.87 bits per heavy atom. The number of pyridine rings is 1. The summed E-state index contributed by atoms with van der Waals surface area (Å²) in [4.78, 5) is 3.95. The summed E-state index contributed by atoms with van der Waals surface area (Å²) < 4.78 is 13.5. The van der Waals surface area contributed by atoms with Gasteiger partial charge in [0, 0.05) is 17.3 Å². The first-order chi connectivity index (χ1) is 11.0. The van der Waals surface area contributed by atoms with Gasteiger partial charge in [-0.05, 0) is 31.3 Å². The zero-order valence-electron chi connectivity index (χ0n) is 12.2. The van der Waals surface area contributed by atoms with Gasteiger partial charge in [-0.2, -0.15) is 5.10 Å². The molecule has 2 aromatic rings. The summed E-state index contributed by atoms with van der Waals surface area (Å²) in [6, 6.07) is 6.08. The predicted molar refractivity (Wildman–Crippen MR) is 89.9 cm³/mol. The van der Waals surface area contributed by atoms with Crippen LogP contribution in [0.25, 0.3) is 0 Å². The number of thiocarbonyl (C=S) groups is 1. The van der Waals surface area contributed by atoms with Crippen LogP contribution in [0.15, 0.2) is 35.6 Å². The average Bonchev–Trinajstić information content (AvgIpc) is 2.54. The van der Waals surface area contributed by atoms with Crippen LogP contribution < -0.4 is 10.7 Å². The van der Waals surface area contributed by atoms with Crippen LogP contribution in [-0.4, -0.2) is 26.5 Å². The van der Waals surface area contributed by atoms with Gasteiger partial charge in [-0.1, -0.05) is 12.1 Å². The molecule has 0 spiro atoms. The molecule has 0 bridgehead atoms. The van der Waals surface area contributed by atoms with Gasteiger partial charge in [-0.15, -0.1) is 0 Å². The van der Waals surface area contributed by atoms with E-state index in [1.165, 1.54) is 24.5 Å². The van der Waals surface area contributed by atoms with E-state index in [1.807, 2.05) is 0 Å². The van der Waals surface area contributed by atoms with E-state index in [1.54, 1.807) is 19.1 Å². The Bertz CT molecular complexity index is 752. The molecule has 6 nitrogen and oxygen atoms in total. The van der Waals surface area contributed by atoms with Gasteiger partial charge in [0.25, 0.3) is 0 Å². The predicted octanol–water partition coefficient (Wildman–Crippen LogP) is 2.05. The van der Waals surface area contributed by atoms with Crippen LogP contribution >= 0.6 is 12.2 Å². The Hall–Kier alpha value is -2.58. The SMILES string of the molecule is Cc1ncc(CO)c(/C=N/NC(=S)Nc2ccccc2F)c1O. The number of nitrogens with one attached hydrogen (secondary N) is 2. The maximum atomic E-state index is 13.5. The van der Waals surface area contributed by atoms with Crippen molar-refractivity contribution < 1.29 is 14.6 Å². The Kier molecular flexibility index (Phi) is 5.56. The highest BCUT2D eigenvalue weighted by Gasteiger charge is 2.09. The molecule has 23 heavy (non-hydrogen) atoms. The number of aliphatic hydroxyl groups is 1. The number of hydrogen-bond donors (Lipinski definition) is 4. The highest BCUT2D eigenvalue weighted by Crippen LogP contribution is 2.21. The number of aromatic nitrogens is 1. The van der Waals surface area contributed by atoms with Crippen LogP contribution in [0.3, 0.4) is 0 Å². The third kappa shape index (κ3) is 4.21. The number of aliphatic hydroxyl groups excluding tert-OH is 1. The molecule has 0 atom stereocenters. The first kappa shape index (κ1) is 16.8. The lowest BCUT2D eigenvalue weighted by Crippen LogP contribution is -2.24. The molecule has 4 N–H and O–H groups in total. The van der Waals surface area contributed by atoms with Crippen molar-refractivity contribution in [2.45, 2.75) is 13.5 Å². The molecule has 2 rings (SSSR count). The van der Waals surface area contributed by atoms with Crippen LogP contribution in [0.5, 0.6) is 5.75 Å². The Morgan fingerprint density at radius 1 is 1.43 bits per heavy atom. The summed E-state index contributed by atoms with van der Waals surface area (Å²) in [5, 5.41) is 25.8. The van der Waals surface area contributed by atoms with E-state index in [0.29, 0.717) is 16.8 Å². The molecule has 0 saturated heterocycles. The first-order valence-electron chi connectivity index (χ1n) is 6.65. The van der Waals surface area contributed by atoms with Gasteiger partial charge in [0.1, 0.15) is 11.6 Å². The van der Waals surface area contributed by atoms with Gasteiger partial charge in [0.15, 0.2) is 5.11 Å². The van der Waals surface area contributed by atoms with Gasteiger partial charge >= 0.3 is 0 Å². The number of aromatic hydroxyl groups is 1. The molecule has 0 radical (unpaired) electrons. The number of aryl methyl sites for hydroxylation is 1. The Labute approximate surface area is 137 Å². The van der Waals surface area contributed by atoms with Crippen molar-refractivity contribution in [1.29, 1.82) is 0 Å². The summed E-state index contributed by atoms with van der Waals surface area (Å²) in [7, 11) is 0. The van der Waals surface area contributed by atoms with Gasteiger partial charge < -0.3 is 15.5 Å². The molecule has 0 saturated carbocycles. The van der Waals surface area contributed by atoms with E-state index >= 15 is 0 Å². The van der Waals surface area contributed by atoms with Crippen LogP contribution in [0, 0.1) is 12.7 Å². The maximum absolute atomic E-state index is 13.5. The summed E-state index contributed by atoms with van der Waals surface area (Å²) in [6.45, 7) is 1.34. The molecular formula is C15H15FN4O2S. The first-order valence-corrected chi connectivity index (χ1v) is 7.06. The smallest absolute Gasteiger partial charge is 0.191 e. The molecule has 120 valence electrons. The summed E-state index contributed by atoms with van der Waals surface area (Å²) in [6.07, 6.45) is 2.76. The van der Waals surface area contributed by atoms with Crippen molar-refractivity contribution in [2.75, 3.05) is 5.32 Å². The normalized spacial score (nSPS) is 10.7. The van der Waals surface area contributed by atoms with Crippen molar-refractivity contribution in [3.8, 4) is 5.75 Å². The monoisotopic (exact) mass is 334 g/mol. The topological polar surface area (TPSA) is 89.8 Å². The third-order valence-corrected chi connectivity index (χ3v) is 3.20. The lowest BCUT2D eigenvalue weighted by atomic mass is 10.1. The number of anilines is 1. The van der Waals surface area contributed by atoms with E-state index in [4.69, 9.17) is 12.2 Å². The second-order valence-corrected chi connectivity index (χ2v) is 5.00. The molecule has 1 aromatic carbocycles. The van der Waals surface area contributed by atoms with Crippen molar-refractivity contribution >= 4 is 29.2 Å². The zero-order valence-corrected chi connectivity index (χ0v) is 13.1. The summed E-state index contributed by atoms with van der Waals surface area (Å²) >= 11 is 5.00. The van der Waals surface area contributed by atoms with Gasteiger partial charge in [0.2, 0.25) is 0 Å².